The van der Waals surface area contributed by atoms with E-state index < -0.39 is 12.7 Å². The lowest BCUT2D eigenvalue weighted by molar-refractivity contribution is -0.143. The fourth-order valence-corrected chi connectivity index (χ4v) is 3.16. The van der Waals surface area contributed by atoms with E-state index in [0.717, 1.165) is 23.5 Å². The van der Waals surface area contributed by atoms with Crippen LogP contribution in [0.4, 0.5) is 13.2 Å². The number of halogens is 4. The summed E-state index contributed by atoms with van der Waals surface area (Å²) in [4.78, 5) is 5.56. The van der Waals surface area contributed by atoms with Gasteiger partial charge in [-0.05, 0) is 30.5 Å². The Morgan fingerprint density at radius 1 is 1.30 bits per heavy atom. The normalized spacial score (nSPS) is 19.7. The standard InChI is InChI=1S/C17H23F3N4O2.HI/c1-21-16(23-13-5-7-24(9-13)10-17(18,19)20)22-6-4-12-2-3-14-15(8-12)26-11-25-14;/h2-3,8,13H,4-7,9-11H2,1H3,(H2,21,22,23);1H. The van der Waals surface area contributed by atoms with Gasteiger partial charge >= 0.3 is 6.18 Å². The summed E-state index contributed by atoms with van der Waals surface area (Å²) >= 11 is 0. The third kappa shape index (κ3) is 6.59. The number of likely N-dealkylation sites (tertiary alicyclic amines) is 1. The largest absolute Gasteiger partial charge is 0.454 e. The van der Waals surface area contributed by atoms with Crippen LogP contribution in [0.3, 0.4) is 0 Å². The van der Waals surface area contributed by atoms with Gasteiger partial charge in [-0.15, -0.1) is 24.0 Å². The molecular weight excluding hydrogens is 476 g/mol. The number of hydrogen-bond donors (Lipinski definition) is 2. The van der Waals surface area contributed by atoms with Crippen LogP contribution in [0.5, 0.6) is 11.5 Å². The maximum absolute atomic E-state index is 12.5. The number of guanidine groups is 1. The molecule has 2 heterocycles. The summed E-state index contributed by atoms with van der Waals surface area (Å²) in [5.41, 5.74) is 1.11. The topological polar surface area (TPSA) is 58.1 Å². The predicted octanol–water partition coefficient (Wildman–Crippen LogP) is 2.38. The number of hydrogen-bond acceptors (Lipinski definition) is 4. The number of ether oxygens (including phenoxy) is 2. The van der Waals surface area contributed by atoms with Crippen molar-refractivity contribution in [3.05, 3.63) is 23.8 Å². The lowest BCUT2D eigenvalue weighted by Gasteiger charge is -2.19. The molecule has 27 heavy (non-hydrogen) atoms. The van der Waals surface area contributed by atoms with Gasteiger partial charge in [-0.2, -0.15) is 13.2 Å². The second kappa shape index (κ2) is 9.67. The molecule has 2 N–H and O–H groups in total. The highest BCUT2D eigenvalue weighted by molar-refractivity contribution is 14.0. The van der Waals surface area contributed by atoms with Gasteiger partial charge in [0.05, 0.1) is 6.54 Å². The van der Waals surface area contributed by atoms with Crippen molar-refractivity contribution in [2.75, 3.05) is 40.0 Å². The zero-order valence-corrected chi connectivity index (χ0v) is 17.3. The highest BCUT2D eigenvalue weighted by Gasteiger charge is 2.34. The van der Waals surface area contributed by atoms with Gasteiger partial charge < -0.3 is 20.1 Å². The molecule has 0 spiro atoms. The molecule has 0 amide bonds. The van der Waals surface area contributed by atoms with Gasteiger partial charge in [-0.25, -0.2) is 0 Å². The molecule has 1 saturated heterocycles. The molecule has 0 aromatic heterocycles. The summed E-state index contributed by atoms with van der Waals surface area (Å²) in [6.45, 7) is 0.841. The fourth-order valence-electron chi connectivity index (χ4n) is 3.16. The maximum Gasteiger partial charge on any atom is 0.401 e. The molecule has 0 radical (unpaired) electrons. The van der Waals surface area contributed by atoms with Crippen LogP contribution in [-0.2, 0) is 6.42 Å². The maximum atomic E-state index is 12.5. The quantitative estimate of drug-likeness (QED) is 0.370. The predicted molar refractivity (Wildman–Crippen MR) is 107 cm³/mol. The van der Waals surface area contributed by atoms with Crippen LogP contribution in [-0.4, -0.2) is 63.1 Å². The van der Waals surface area contributed by atoms with Gasteiger partial charge in [0.2, 0.25) is 6.79 Å². The van der Waals surface area contributed by atoms with Crippen molar-refractivity contribution in [3.63, 3.8) is 0 Å². The molecule has 0 saturated carbocycles. The van der Waals surface area contributed by atoms with Crippen molar-refractivity contribution in [1.82, 2.24) is 15.5 Å². The van der Waals surface area contributed by atoms with E-state index in [4.69, 9.17) is 9.47 Å². The minimum atomic E-state index is -4.15. The Morgan fingerprint density at radius 3 is 2.81 bits per heavy atom. The summed E-state index contributed by atoms with van der Waals surface area (Å²) in [7, 11) is 1.65. The highest BCUT2D eigenvalue weighted by atomic mass is 127. The molecule has 3 rings (SSSR count). The number of rotatable bonds is 5. The third-order valence-corrected chi connectivity index (χ3v) is 4.38. The van der Waals surface area contributed by atoms with Gasteiger partial charge in [0.15, 0.2) is 17.5 Å². The van der Waals surface area contributed by atoms with E-state index in [1.165, 1.54) is 4.90 Å². The van der Waals surface area contributed by atoms with Crippen molar-refractivity contribution < 1.29 is 22.6 Å². The SMILES string of the molecule is CN=C(NCCc1ccc2c(c1)OCO2)NC1CCN(CC(F)(F)F)C1.I. The summed E-state index contributed by atoms with van der Waals surface area (Å²) < 4.78 is 48.0. The van der Waals surface area contributed by atoms with Crippen molar-refractivity contribution in [1.29, 1.82) is 0 Å². The van der Waals surface area contributed by atoms with Gasteiger partial charge in [0.25, 0.3) is 0 Å². The number of nitrogens with one attached hydrogen (secondary N) is 2. The zero-order valence-electron chi connectivity index (χ0n) is 15.0. The second-order valence-corrected chi connectivity index (χ2v) is 6.42. The van der Waals surface area contributed by atoms with Gasteiger partial charge in [-0.3, -0.25) is 9.89 Å². The van der Waals surface area contributed by atoms with Gasteiger partial charge in [-0.1, -0.05) is 6.07 Å². The Hall–Kier alpha value is -1.43. The van der Waals surface area contributed by atoms with E-state index in [-0.39, 0.29) is 36.8 Å². The summed E-state index contributed by atoms with van der Waals surface area (Å²) in [5.74, 6) is 2.11. The first-order chi connectivity index (χ1) is 12.4. The Morgan fingerprint density at radius 2 is 2.07 bits per heavy atom. The average Bonchev–Trinajstić information content (AvgIpc) is 3.21. The monoisotopic (exact) mass is 500 g/mol. The zero-order chi connectivity index (χ0) is 18.6. The van der Waals surface area contributed by atoms with Crippen LogP contribution in [0.15, 0.2) is 23.2 Å². The van der Waals surface area contributed by atoms with Crippen molar-refractivity contribution in [2.45, 2.75) is 25.1 Å². The van der Waals surface area contributed by atoms with Crippen LogP contribution in [0.2, 0.25) is 0 Å². The van der Waals surface area contributed by atoms with Gasteiger partial charge in [0, 0.05) is 32.7 Å². The van der Waals surface area contributed by atoms with Crippen LogP contribution >= 0.6 is 24.0 Å². The number of benzene rings is 1. The molecule has 152 valence electrons. The summed E-state index contributed by atoms with van der Waals surface area (Å²) in [5, 5.41) is 6.40. The second-order valence-electron chi connectivity index (χ2n) is 6.42. The number of aliphatic imine (C=N–C) groups is 1. The molecular formula is C17H24F3IN4O2. The lowest BCUT2D eigenvalue weighted by atomic mass is 10.1. The first-order valence-electron chi connectivity index (χ1n) is 8.58. The highest BCUT2D eigenvalue weighted by Crippen LogP contribution is 2.32. The first kappa shape index (κ1) is 21.9. The minimum absolute atomic E-state index is 0. The molecule has 1 unspecified atom stereocenters. The molecule has 1 aromatic rings. The van der Waals surface area contributed by atoms with E-state index in [0.29, 0.717) is 32.0 Å². The minimum Gasteiger partial charge on any atom is -0.454 e. The van der Waals surface area contributed by atoms with Crippen LogP contribution in [0, 0.1) is 0 Å². The van der Waals surface area contributed by atoms with E-state index in [1.807, 2.05) is 18.2 Å². The van der Waals surface area contributed by atoms with Crippen LogP contribution in [0.1, 0.15) is 12.0 Å². The molecule has 10 heteroatoms. The van der Waals surface area contributed by atoms with E-state index in [1.54, 1.807) is 7.05 Å². The molecule has 0 aliphatic carbocycles. The van der Waals surface area contributed by atoms with Crippen molar-refractivity contribution in [2.24, 2.45) is 4.99 Å². The van der Waals surface area contributed by atoms with Crippen LogP contribution in [0.25, 0.3) is 0 Å². The van der Waals surface area contributed by atoms with Crippen molar-refractivity contribution in [3.8, 4) is 11.5 Å². The number of alkyl halides is 3. The molecule has 6 nitrogen and oxygen atoms in total. The van der Waals surface area contributed by atoms with Gasteiger partial charge in [0.1, 0.15) is 0 Å². The molecule has 0 bridgehead atoms. The van der Waals surface area contributed by atoms with E-state index in [2.05, 4.69) is 15.6 Å². The number of fused-ring (bicyclic) bond motifs is 1. The average molecular weight is 500 g/mol. The molecule has 2 aliphatic rings. The molecule has 1 atom stereocenters. The Kier molecular flexibility index (Phi) is 7.83. The number of nitrogens with zero attached hydrogens (tertiary/aromatic N) is 2. The Labute approximate surface area is 173 Å². The van der Waals surface area contributed by atoms with E-state index in [9.17, 15) is 13.2 Å². The first-order valence-corrected chi connectivity index (χ1v) is 8.58. The smallest absolute Gasteiger partial charge is 0.401 e. The summed E-state index contributed by atoms with van der Waals surface area (Å²) in [6.07, 6.45) is -2.72. The fraction of sp³-hybridized carbons (Fsp3) is 0.588. The Bertz CT molecular complexity index is 658. The molecule has 1 aromatic carbocycles. The Balaban J connectivity index is 0.00000261. The van der Waals surface area contributed by atoms with Crippen molar-refractivity contribution >= 4 is 29.9 Å². The molecule has 2 aliphatic heterocycles. The van der Waals surface area contributed by atoms with Crippen LogP contribution < -0.4 is 20.1 Å². The lowest BCUT2D eigenvalue weighted by Crippen LogP contribution is -2.45. The molecule has 1 fully saturated rings. The third-order valence-electron chi connectivity index (χ3n) is 4.38. The summed E-state index contributed by atoms with van der Waals surface area (Å²) in [6, 6.07) is 5.79. The van der Waals surface area contributed by atoms with E-state index >= 15 is 0 Å².